The highest BCUT2D eigenvalue weighted by molar-refractivity contribution is 5.46. The molecule has 2 aliphatic heterocycles. The zero-order chi connectivity index (χ0) is 24.3. The fourth-order valence-electron chi connectivity index (χ4n) is 2.60. The third kappa shape index (κ3) is 3.17. The molecule has 0 amide bonds. The monoisotopic (exact) mass is 338 g/mol. The first-order chi connectivity index (χ1) is 15.3. The van der Waals surface area contributed by atoms with E-state index in [2.05, 4.69) is 5.32 Å². The van der Waals surface area contributed by atoms with E-state index in [0.29, 0.717) is 0 Å². The van der Waals surface area contributed by atoms with Crippen LogP contribution in [0.15, 0.2) is 42.4 Å². The van der Waals surface area contributed by atoms with Crippen LogP contribution >= 0.6 is 0 Å². The molecule has 1 fully saturated rings. The third-order valence-electron chi connectivity index (χ3n) is 3.80. The van der Waals surface area contributed by atoms with Crippen molar-refractivity contribution in [2.75, 3.05) is 26.4 Å². The van der Waals surface area contributed by atoms with Crippen molar-refractivity contribution < 1.29 is 30.9 Å². The number of fused-ring (bicyclic) bond motifs is 1. The van der Waals surface area contributed by atoms with Crippen LogP contribution in [-0.2, 0) is 0 Å². The van der Waals surface area contributed by atoms with Crippen molar-refractivity contribution >= 4 is 0 Å². The van der Waals surface area contributed by atoms with Crippen LogP contribution in [0.1, 0.15) is 30.2 Å². The first-order valence-electron chi connectivity index (χ1n) is 11.9. The van der Waals surface area contributed by atoms with Gasteiger partial charge in [-0.2, -0.15) is 0 Å². The second-order valence-corrected chi connectivity index (χ2v) is 5.33. The molecule has 24 heavy (non-hydrogen) atoms. The first-order valence-corrected chi connectivity index (χ1v) is 7.43. The lowest BCUT2D eigenvalue weighted by Crippen LogP contribution is -2.38. The quantitative estimate of drug-likeness (QED) is 0.928. The maximum absolute atomic E-state index is 14.1. The molecule has 4 nitrogen and oxygen atoms in total. The number of ether oxygens (including phenoxy) is 3. The number of nitrogens with one attached hydrogen (secondary N) is 1. The minimum Gasteiger partial charge on any atom is -0.493 e. The molecule has 2 aromatic carbocycles. The van der Waals surface area contributed by atoms with E-state index in [9.17, 15) is 4.39 Å². The van der Waals surface area contributed by atoms with Gasteiger partial charge in [0.05, 0.1) is 12.1 Å². The van der Waals surface area contributed by atoms with E-state index in [4.69, 9.17) is 26.5 Å². The highest BCUT2D eigenvalue weighted by Crippen LogP contribution is 2.36. The van der Waals surface area contributed by atoms with Crippen molar-refractivity contribution in [1.82, 2.24) is 5.32 Å². The van der Waals surface area contributed by atoms with E-state index in [-0.39, 0.29) is 35.8 Å². The molecule has 2 aliphatic rings. The Kier molecular flexibility index (Phi) is 2.29. The fourth-order valence-corrected chi connectivity index (χ4v) is 2.60. The van der Waals surface area contributed by atoms with Gasteiger partial charge in [0.2, 0.25) is 6.75 Å². The lowest BCUT2D eigenvalue weighted by molar-refractivity contribution is 0.173. The van der Waals surface area contributed by atoms with Gasteiger partial charge in [0, 0.05) is 22.6 Å². The summed E-state index contributed by atoms with van der Waals surface area (Å²) in [5.74, 6) is -4.23. The van der Waals surface area contributed by atoms with Crippen molar-refractivity contribution in [3.63, 3.8) is 0 Å². The summed E-state index contributed by atoms with van der Waals surface area (Å²) >= 11 is 0. The van der Waals surface area contributed by atoms with Gasteiger partial charge in [0.25, 0.3) is 0 Å². The lowest BCUT2D eigenvalue weighted by Gasteiger charge is -2.32. The third-order valence-corrected chi connectivity index (χ3v) is 3.80. The summed E-state index contributed by atoms with van der Waals surface area (Å²) < 4.78 is 102. The Balaban J connectivity index is 1.70. The average molecular weight is 338 g/mol. The second-order valence-electron chi connectivity index (χ2n) is 5.33. The molecule has 1 unspecified atom stereocenters. The Morgan fingerprint density at radius 1 is 1.29 bits per heavy atom. The molecule has 0 aromatic heterocycles. The summed E-state index contributed by atoms with van der Waals surface area (Å²) in [6, 6.07) is 1.10. The van der Waals surface area contributed by atoms with Gasteiger partial charge in [-0.25, -0.2) is 4.39 Å². The second kappa shape index (κ2) is 6.69. The van der Waals surface area contributed by atoms with E-state index in [1.807, 2.05) is 0 Å². The standard InChI is InChI=1S/C19H20FNO3/c20-15-3-1-13(2-4-15)17-7-8-21-10-14(17)11-22-16-5-6-18-19(9-16)24-12-23-18/h1-6,9,14,17,21H,7-8,10-12H2/t14?,17-/m0/s1/i1D,2D,3D,4D,10D2,12D2,14D. The van der Waals surface area contributed by atoms with Crippen LogP contribution in [-0.4, -0.2) is 26.4 Å². The van der Waals surface area contributed by atoms with Crippen LogP contribution in [0.4, 0.5) is 4.39 Å². The van der Waals surface area contributed by atoms with Crippen molar-refractivity contribution in [1.29, 1.82) is 0 Å². The minimum atomic E-state index is -2.36. The molecule has 4 rings (SSSR count). The maximum Gasteiger partial charge on any atom is 0.231 e. The number of hydrogen-bond donors (Lipinski definition) is 1. The molecule has 2 heterocycles. The van der Waals surface area contributed by atoms with Crippen molar-refractivity contribution in [2.45, 2.75) is 12.3 Å². The van der Waals surface area contributed by atoms with Crippen LogP contribution in [0.3, 0.4) is 0 Å². The van der Waals surface area contributed by atoms with Gasteiger partial charge in [0.15, 0.2) is 11.5 Å². The first kappa shape index (κ1) is 8.21. The molecule has 1 saturated heterocycles. The SMILES string of the molecule is [2H]c1c([2H])c([C@@H]2CCNC([2H])([2H])C2([2H])COc2ccc3c(c2)OC([2H])([2H])O3)c([2H])c([2H])c1F. The lowest BCUT2D eigenvalue weighted by atomic mass is 9.81. The predicted octanol–water partition coefficient (Wildman–Crippen LogP) is 3.33. The minimum absolute atomic E-state index is 0.0657. The highest BCUT2D eigenvalue weighted by atomic mass is 19.1. The zero-order valence-electron chi connectivity index (χ0n) is 21.5. The van der Waals surface area contributed by atoms with Gasteiger partial charge in [-0.05, 0) is 48.7 Å². The molecule has 0 saturated carbocycles. The van der Waals surface area contributed by atoms with E-state index in [1.54, 1.807) is 0 Å². The van der Waals surface area contributed by atoms with Crippen molar-refractivity contribution in [3.8, 4) is 17.2 Å². The molecular formula is C19H20FNO3. The van der Waals surface area contributed by atoms with E-state index < -0.39 is 61.6 Å². The molecule has 126 valence electrons. The fraction of sp³-hybridized carbons (Fsp3) is 0.368. The van der Waals surface area contributed by atoms with Crippen LogP contribution < -0.4 is 19.5 Å². The Morgan fingerprint density at radius 2 is 2.12 bits per heavy atom. The Hall–Kier alpha value is -2.27. The number of benzene rings is 2. The van der Waals surface area contributed by atoms with Crippen LogP contribution in [0.5, 0.6) is 17.2 Å². The molecular weight excluding hydrogens is 309 g/mol. The number of hydrogen-bond acceptors (Lipinski definition) is 4. The van der Waals surface area contributed by atoms with E-state index in [0.717, 1.165) is 0 Å². The molecule has 0 bridgehead atoms. The topological polar surface area (TPSA) is 39.7 Å². The van der Waals surface area contributed by atoms with Crippen LogP contribution in [0.25, 0.3) is 0 Å². The Bertz CT molecular complexity index is 1090. The summed E-state index contributed by atoms with van der Waals surface area (Å²) in [5, 5.41) is 2.60. The summed E-state index contributed by atoms with van der Waals surface area (Å²) in [6.07, 6.45) is 0.0932. The number of rotatable bonds is 4. The molecule has 0 radical (unpaired) electrons. The number of piperidine rings is 1. The van der Waals surface area contributed by atoms with Gasteiger partial charge in [-0.1, -0.05) is 12.1 Å². The summed E-state index contributed by atoms with van der Waals surface area (Å²) in [7, 11) is 0. The summed E-state index contributed by atoms with van der Waals surface area (Å²) in [6.45, 7) is -5.18. The largest absolute Gasteiger partial charge is 0.493 e. The Labute approximate surface area is 153 Å². The summed E-state index contributed by atoms with van der Waals surface area (Å²) in [4.78, 5) is 0. The van der Waals surface area contributed by atoms with E-state index in [1.165, 1.54) is 18.2 Å². The van der Waals surface area contributed by atoms with Crippen LogP contribution in [0.2, 0.25) is 0 Å². The zero-order valence-corrected chi connectivity index (χ0v) is 12.5. The normalized spacial score (nSPS) is 35.0. The van der Waals surface area contributed by atoms with Crippen molar-refractivity contribution in [3.05, 3.63) is 53.7 Å². The number of halogens is 1. The molecule has 2 atom stereocenters. The highest BCUT2D eigenvalue weighted by Gasteiger charge is 2.27. The van der Waals surface area contributed by atoms with Gasteiger partial charge in [0.1, 0.15) is 14.3 Å². The van der Waals surface area contributed by atoms with Gasteiger partial charge in [-0.3, -0.25) is 0 Å². The molecule has 0 aliphatic carbocycles. The van der Waals surface area contributed by atoms with Crippen LogP contribution in [0, 0.1) is 11.7 Å². The molecule has 5 heteroatoms. The van der Waals surface area contributed by atoms with Gasteiger partial charge >= 0.3 is 0 Å². The summed E-state index contributed by atoms with van der Waals surface area (Å²) in [5.41, 5.74) is -0.241. The maximum atomic E-state index is 14.1. The smallest absolute Gasteiger partial charge is 0.231 e. The van der Waals surface area contributed by atoms with Gasteiger partial charge in [-0.15, -0.1) is 0 Å². The predicted molar refractivity (Wildman–Crippen MR) is 88.2 cm³/mol. The average Bonchev–Trinajstić information content (AvgIpc) is 3.05. The van der Waals surface area contributed by atoms with Gasteiger partial charge < -0.3 is 19.5 Å². The molecule has 1 N–H and O–H groups in total. The molecule has 2 aromatic rings. The Morgan fingerprint density at radius 3 is 3.00 bits per heavy atom. The molecule has 0 spiro atoms. The van der Waals surface area contributed by atoms with Crippen molar-refractivity contribution in [2.24, 2.45) is 5.89 Å². The van der Waals surface area contributed by atoms with E-state index >= 15 is 0 Å².